The van der Waals surface area contributed by atoms with Crippen LogP contribution in [0.15, 0.2) is 0 Å². The number of nitrogens with two attached hydrogens (primary N) is 1. The molecule has 90 valence electrons. The van der Waals surface area contributed by atoms with E-state index in [0.717, 1.165) is 0 Å². The highest BCUT2D eigenvalue weighted by atomic mass is 32.2. The Labute approximate surface area is 89.7 Å². The molecule has 0 fully saturated rings. The average Bonchev–Trinajstić information content (AvgIpc) is 1.98. The summed E-state index contributed by atoms with van der Waals surface area (Å²) in [6.07, 6.45) is 0. The second-order valence-corrected chi connectivity index (χ2v) is 5.29. The van der Waals surface area contributed by atoms with Crippen molar-refractivity contribution in [3.05, 3.63) is 0 Å². The molecule has 0 aliphatic carbocycles. The van der Waals surface area contributed by atoms with Gasteiger partial charge in [0.25, 0.3) is 10.2 Å². The van der Waals surface area contributed by atoms with E-state index in [1.54, 1.807) is 0 Å². The third kappa shape index (κ3) is 7.25. The maximum absolute atomic E-state index is 10.6. The fourth-order valence-electron chi connectivity index (χ4n) is 0.888. The van der Waals surface area contributed by atoms with Gasteiger partial charge in [-0.1, -0.05) is 0 Å². The molecule has 0 saturated heterocycles. The number of hydrogen-bond acceptors (Lipinski definition) is 5. The molecule has 0 unspecified atom stereocenters. The highest BCUT2D eigenvalue weighted by molar-refractivity contribution is 7.87. The smallest absolute Gasteiger partial charge is 0.313 e. The van der Waals surface area contributed by atoms with Crippen LogP contribution in [0.2, 0.25) is 0 Å². The summed E-state index contributed by atoms with van der Waals surface area (Å²) in [6, 6.07) is 0. The molecular weight excluding hydrogens is 222 g/mol. The van der Waals surface area contributed by atoms with Crippen LogP contribution in [-0.4, -0.2) is 38.6 Å². The molecular formula is C7H17N3O4S. The van der Waals surface area contributed by atoms with E-state index in [4.69, 9.17) is 9.98 Å². The number of hydrogen-bond donors (Lipinski definition) is 2. The van der Waals surface area contributed by atoms with Crippen molar-refractivity contribution in [3.63, 3.8) is 0 Å². The Bertz CT molecular complexity index is 296. The van der Waals surface area contributed by atoms with E-state index in [0.29, 0.717) is 6.47 Å². The number of hydroxylamine groups is 2. The highest BCUT2D eigenvalue weighted by Gasteiger charge is 2.22. The largest absolute Gasteiger partial charge is 0.370 e. The summed E-state index contributed by atoms with van der Waals surface area (Å²) >= 11 is 0. The Morgan fingerprint density at radius 1 is 1.47 bits per heavy atom. The van der Waals surface area contributed by atoms with E-state index < -0.39 is 15.7 Å². The van der Waals surface area contributed by atoms with Crippen molar-refractivity contribution < 1.29 is 18.0 Å². The minimum Gasteiger partial charge on any atom is -0.370 e. The van der Waals surface area contributed by atoms with E-state index in [-0.39, 0.29) is 13.1 Å². The highest BCUT2D eigenvalue weighted by Crippen LogP contribution is 2.11. The van der Waals surface area contributed by atoms with Gasteiger partial charge in [-0.3, -0.25) is 4.79 Å². The summed E-state index contributed by atoms with van der Waals surface area (Å²) in [5, 5.41) is 6.10. The molecule has 7 nitrogen and oxygen atoms in total. The summed E-state index contributed by atoms with van der Waals surface area (Å²) < 4.78 is 23.2. The Morgan fingerprint density at radius 2 is 2.00 bits per heavy atom. The molecule has 8 heteroatoms. The molecule has 0 aliphatic rings. The fourth-order valence-corrected chi connectivity index (χ4v) is 1.26. The third-order valence-corrected chi connectivity index (χ3v) is 2.14. The normalized spacial score (nSPS) is 12.9. The van der Waals surface area contributed by atoms with E-state index in [9.17, 15) is 13.2 Å². The molecule has 0 bridgehead atoms. The molecule has 0 aromatic rings. The molecule has 0 atom stereocenters. The van der Waals surface area contributed by atoms with Gasteiger partial charge in [0, 0.05) is 18.6 Å². The average molecular weight is 239 g/mol. The molecule has 0 amide bonds. The van der Waals surface area contributed by atoms with Crippen LogP contribution in [0, 0.1) is 0 Å². The first-order valence-corrected chi connectivity index (χ1v) is 5.87. The van der Waals surface area contributed by atoms with Gasteiger partial charge in [0.2, 0.25) is 0 Å². The molecule has 3 N–H and O–H groups in total. The van der Waals surface area contributed by atoms with Gasteiger partial charge in [0.1, 0.15) is 0 Å². The van der Waals surface area contributed by atoms with Crippen LogP contribution >= 0.6 is 0 Å². The van der Waals surface area contributed by atoms with Crippen molar-refractivity contribution in [1.29, 1.82) is 0 Å². The van der Waals surface area contributed by atoms with E-state index in [1.165, 1.54) is 5.06 Å². The Kier molecular flexibility index (Phi) is 5.15. The Morgan fingerprint density at radius 3 is 2.33 bits per heavy atom. The zero-order chi connectivity index (χ0) is 12.1. The predicted molar refractivity (Wildman–Crippen MR) is 54.7 cm³/mol. The molecule has 0 radical (unpaired) electrons. The van der Waals surface area contributed by atoms with Crippen LogP contribution < -0.4 is 9.86 Å². The van der Waals surface area contributed by atoms with Crippen molar-refractivity contribution in [3.8, 4) is 0 Å². The first-order chi connectivity index (χ1) is 6.67. The number of carbonyl (C=O) groups excluding carboxylic acids is 1. The van der Waals surface area contributed by atoms with Gasteiger partial charge in [-0.2, -0.15) is 8.42 Å². The maximum Gasteiger partial charge on any atom is 0.313 e. The first kappa shape index (κ1) is 14.3. The van der Waals surface area contributed by atoms with Gasteiger partial charge in [-0.15, -0.1) is 5.06 Å². The molecule has 15 heavy (non-hydrogen) atoms. The van der Waals surface area contributed by atoms with Gasteiger partial charge in [-0.05, 0) is 20.8 Å². The Balaban J connectivity index is 4.14. The quantitative estimate of drug-likeness (QED) is 0.456. The lowest BCUT2D eigenvalue weighted by molar-refractivity contribution is -0.198. The minimum absolute atomic E-state index is 0.0734. The molecule has 0 rings (SSSR count). The van der Waals surface area contributed by atoms with Crippen LogP contribution in [0.1, 0.15) is 20.8 Å². The molecule has 0 aromatic heterocycles. The second-order valence-electron chi connectivity index (χ2n) is 3.91. The molecule has 0 spiro atoms. The van der Waals surface area contributed by atoms with Crippen molar-refractivity contribution in [1.82, 2.24) is 9.79 Å². The lowest BCUT2D eigenvalue weighted by Gasteiger charge is -2.31. The van der Waals surface area contributed by atoms with Gasteiger partial charge in [-0.25, -0.2) is 9.86 Å². The summed E-state index contributed by atoms with van der Waals surface area (Å²) in [6.45, 7) is 6.07. The van der Waals surface area contributed by atoms with Gasteiger partial charge in [0.15, 0.2) is 0 Å². The number of carbonyl (C=O) groups is 1. The van der Waals surface area contributed by atoms with Crippen molar-refractivity contribution in [2.45, 2.75) is 26.3 Å². The van der Waals surface area contributed by atoms with Crippen LogP contribution in [0.5, 0.6) is 0 Å². The van der Waals surface area contributed by atoms with Crippen molar-refractivity contribution >= 4 is 16.7 Å². The maximum atomic E-state index is 10.6. The third-order valence-electron chi connectivity index (χ3n) is 1.54. The van der Waals surface area contributed by atoms with Crippen LogP contribution in [0.3, 0.4) is 0 Å². The zero-order valence-electron chi connectivity index (χ0n) is 9.06. The molecule has 0 saturated carbocycles. The standard InChI is InChI=1S/C7H17N3O4S/c1-7(2,3)10(14-6-11)5-4-9-15(8,12)13/h6,9H,4-5H2,1-3H3,(H2,8,12,13). The monoisotopic (exact) mass is 239 g/mol. The molecule has 0 heterocycles. The van der Waals surface area contributed by atoms with Gasteiger partial charge in [0.05, 0.1) is 0 Å². The van der Waals surface area contributed by atoms with Crippen LogP contribution in [0.4, 0.5) is 0 Å². The van der Waals surface area contributed by atoms with Crippen LogP contribution in [-0.2, 0) is 19.8 Å². The second kappa shape index (κ2) is 5.40. The van der Waals surface area contributed by atoms with Gasteiger partial charge < -0.3 is 4.84 Å². The number of rotatable bonds is 6. The van der Waals surface area contributed by atoms with Gasteiger partial charge >= 0.3 is 6.47 Å². The van der Waals surface area contributed by atoms with Crippen molar-refractivity contribution in [2.24, 2.45) is 5.14 Å². The topological polar surface area (TPSA) is 102 Å². The summed E-state index contributed by atoms with van der Waals surface area (Å²) in [4.78, 5) is 14.9. The van der Waals surface area contributed by atoms with Crippen molar-refractivity contribution in [2.75, 3.05) is 13.1 Å². The first-order valence-electron chi connectivity index (χ1n) is 4.32. The minimum atomic E-state index is -3.70. The SMILES string of the molecule is CC(C)(C)N(CCNS(N)(=O)=O)OC=O. The summed E-state index contributed by atoms with van der Waals surface area (Å²) in [7, 11) is -3.70. The number of nitrogens with zero attached hydrogens (tertiary/aromatic N) is 1. The lowest BCUT2D eigenvalue weighted by atomic mass is 10.1. The Hall–Kier alpha value is -0.700. The summed E-state index contributed by atoms with van der Waals surface area (Å²) in [5.41, 5.74) is -0.402. The van der Waals surface area contributed by atoms with E-state index >= 15 is 0 Å². The number of nitrogens with one attached hydrogen (secondary N) is 1. The zero-order valence-corrected chi connectivity index (χ0v) is 9.87. The fraction of sp³-hybridized carbons (Fsp3) is 0.857. The molecule has 0 aromatic carbocycles. The predicted octanol–water partition coefficient (Wildman–Crippen LogP) is -1.03. The van der Waals surface area contributed by atoms with E-state index in [2.05, 4.69) is 4.72 Å². The van der Waals surface area contributed by atoms with E-state index in [1.807, 2.05) is 20.8 Å². The lowest BCUT2D eigenvalue weighted by Crippen LogP contribution is -2.46. The molecule has 0 aliphatic heterocycles. The summed E-state index contributed by atoms with van der Waals surface area (Å²) in [5.74, 6) is 0. The van der Waals surface area contributed by atoms with Crippen LogP contribution in [0.25, 0.3) is 0 Å².